The van der Waals surface area contributed by atoms with E-state index in [1.54, 1.807) is 12.4 Å². The largest absolute Gasteiger partial charge is 0.342 e. The van der Waals surface area contributed by atoms with Crippen LogP contribution in [0.5, 0.6) is 0 Å². The van der Waals surface area contributed by atoms with E-state index >= 15 is 0 Å². The molecule has 0 spiro atoms. The smallest absolute Gasteiger partial charge is 0.138 e. The second-order valence-electron chi connectivity index (χ2n) is 3.30. The summed E-state index contributed by atoms with van der Waals surface area (Å²) >= 11 is 0. The quantitative estimate of drug-likeness (QED) is 0.640. The zero-order chi connectivity index (χ0) is 9.54. The fourth-order valence-electron chi connectivity index (χ4n) is 1.74. The predicted molar refractivity (Wildman–Crippen MR) is 55.1 cm³/mol. The van der Waals surface area contributed by atoms with Gasteiger partial charge in [0.2, 0.25) is 0 Å². The lowest BCUT2D eigenvalue weighted by Crippen LogP contribution is -2.06. The molecule has 0 radical (unpaired) electrons. The maximum Gasteiger partial charge on any atom is 0.138 e. The Morgan fingerprint density at radius 1 is 1.43 bits per heavy atom. The number of amidine groups is 1. The Hall–Kier alpha value is -1.97. The molecule has 2 N–H and O–H groups in total. The van der Waals surface area contributed by atoms with Gasteiger partial charge in [-0.2, -0.15) is 0 Å². The molecule has 0 saturated heterocycles. The van der Waals surface area contributed by atoms with E-state index < -0.39 is 0 Å². The molecule has 2 aromatic rings. The first-order chi connectivity index (χ1) is 6.84. The summed E-state index contributed by atoms with van der Waals surface area (Å²) in [6.45, 7) is 0. The lowest BCUT2D eigenvalue weighted by molar-refractivity contribution is 1.14. The number of aliphatic imine (C=N–C) groups is 1. The Kier molecular flexibility index (Phi) is 1.33. The monoisotopic (exact) mass is 184 g/mol. The Morgan fingerprint density at radius 2 is 2.36 bits per heavy atom. The summed E-state index contributed by atoms with van der Waals surface area (Å²) < 4.78 is 0. The van der Waals surface area contributed by atoms with Crippen LogP contribution in [-0.2, 0) is 6.42 Å². The third kappa shape index (κ3) is 0.907. The SMILES string of the molecule is N=C1Cc2[nH]c3ncccc3c2C=N1. The highest BCUT2D eigenvalue weighted by Gasteiger charge is 2.14. The molecule has 3 rings (SSSR count). The zero-order valence-electron chi connectivity index (χ0n) is 7.41. The van der Waals surface area contributed by atoms with E-state index in [0.29, 0.717) is 12.3 Å². The van der Waals surface area contributed by atoms with E-state index in [1.807, 2.05) is 12.1 Å². The molecule has 3 heterocycles. The first-order valence-electron chi connectivity index (χ1n) is 4.41. The van der Waals surface area contributed by atoms with Gasteiger partial charge in [-0.3, -0.25) is 5.41 Å². The Bertz CT molecular complexity index is 550. The normalized spacial score (nSPS) is 14.7. The standard InChI is InChI=1S/C10H8N4/c11-9-4-8-7(5-13-9)6-2-1-3-12-10(6)14-8/h1-3,5,11H,4H2,(H,12,14). The summed E-state index contributed by atoms with van der Waals surface area (Å²) in [6.07, 6.45) is 4.07. The van der Waals surface area contributed by atoms with E-state index in [-0.39, 0.29) is 0 Å². The van der Waals surface area contributed by atoms with Gasteiger partial charge >= 0.3 is 0 Å². The summed E-state index contributed by atoms with van der Waals surface area (Å²) in [7, 11) is 0. The minimum absolute atomic E-state index is 0.393. The van der Waals surface area contributed by atoms with Gasteiger partial charge in [-0.05, 0) is 12.1 Å². The van der Waals surface area contributed by atoms with Gasteiger partial charge in [0.1, 0.15) is 11.5 Å². The van der Waals surface area contributed by atoms with Gasteiger partial charge in [-0.1, -0.05) is 0 Å². The molecule has 0 amide bonds. The highest BCUT2D eigenvalue weighted by Crippen LogP contribution is 2.21. The number of rotatable bonds is 0. The maximum absolute atomic E-state index is 7.45. The van der Waals surface area contributed by atoms with E-state index in [0.717, 1.165) is 22.3 Å². The van der Waals surface area contributed by atoms with Crippen LogP contribution in [0.25, 0.3) is 11.0 Å². The Labute approximate surface area is 80.2 Å². The first kappa shape index (κ1) is 7.44. The van der Waals surface area contributed by atoms with Crippen LogP contribution in [0.3, 0.4) is 0 Å². The van der Waals surface area contributed by atoms with E-state index in [1.165, 1.54) is 0 Å². The minimum Gasteiger partial charge on any atom is -0.342 e. The predicted octanol–water partition coefficient (Wildman–Crippen LogP) is 1.52. The Balaban J connectivity index is 2.37. The zero-order valence-corrected chi connectivity index (χ0v) is 7.41. The fraction of sp³-hybridized carbons (Fsp3) is 0.100. The summed E-state index contributed by atoms with van der Waals surface area (Å²) in [5, 5.41) is 8.54. The van der Waals surface area contributed by atoms with Crippen molar-refractivity contribution in [3.05, 3.63) is 29.6 Å². The first-order valence-corrected chi connectivity index (χ1v) is 4.41. The van der Waals surface area contributed by atoms with Gasteiger partial charge in [0, 0.05) is 35.5 Å². The summed E-state index contributed by atoms with van der Waals surface area (Å²) in [5.74, 6) is 0.393. The van der Waals surface area contributed by atoms with Crippen molar-refractivity contribution in [3.63, 3.8) is 0 Å². The molecule has 4 nitrogen and oxygen atoms in total. The van der Waals surface area contributed by atoms with Gasteiger partial charge in [0.05, 0.1) is 0 Å². The van der Waals surface area contributed by atoms with Crippen LogP contribution in [-0.4, -0.2) is 22.0 Å². The van der Waals surface area contributed by atoms with Crippen molar-refractivity contribution in [2.24, 2.45) is 4.99 Å². The third-order valence-corrected chi connectivity index (χ3v) is 2.39. The number of aromatic amines is 1. The second-order valence-corrected chi connectivity index (χ2v) is 3.30. The van der Waals surface area contributed by atoms with Crippen molar-refractivity contribution < 1.29 is 0 Å². The van der Waals surface area contributed by atoms with Crippen molar-refractivity contribution in [3.8, 4) is 0 Å². The average molecular weight is 184 g/mol. The second kappa shape index (κ2) is 2.51. The van der Waals surface area contributed by atoms with Crippen molar-refractivity contribution in [2.45, 2.75) is 6.42 Å². The van der Waals surface area contributed by atoms with E-state index in [9.17, 15) is 0 Å². The third-order valence-electron chi connectivity index (χ3n) is 2.39. The number of nitrogens with one attached hydrogen (secondary N) is 2. The van der Waals surface area contributed by atoms with Crippen molar-refractivity contribution >= 4 is 23.1 Å². The van der Waals surface area contributed by atoms with Crippen LogP contribution in [0, 0.1) is 5.41 Å². The van der Waals surface area contributed by atoms with Gasteiger partial charge < -0.3 is 4.98 Å². The highest BCUT2D eigenvalue weighted by molar-refractivity contribution is 6.07. The van der Waals surface area contributed by atoms with E-state index in [4.69, 9.17) is 5.41 Å². The van der Waals surface area contributed by atoms with Gasteiger partial charge in [-0.15, -0.1) is 0 Å². The summed E-state index contributed by atoms with van der Waals surface area (Å²) in [5.41, 5.74) is 2.99. The molecule has 0 bridgehead atoms. The molecule has 1 aliphatic rings. The Morgan fingerprint density at radius 3 is 3.29 bits per heavy atom. The van der Waals surface area contributed by atoms with E-state index in [2.05, 4.69) is 15.0 Å². The van der Waals surface area contributed by atoms with Crippen LogP contribution in [0.4, 0.5) is 0 Å². The minimum atomic E-state index is 0.393. The molecule has 4 heteroatoms. The van der Waals surface area contributed by atoms with Crippen molar-refractivity contribution in [1.82, 2.24) is 9.97 Å². The average Bonchev–Trinajstić information content (AvgIpc) is 2.54. The molecule has 0 saturated carbocycles. The van der Waals surface area contributed by atoms with Crippen LogP contribution in [0.15, 0.2) is 23.3 Å². The van der Waals surface area contributed by atoms with Crippen LogP contribution in [0.1, 0.15) is 11.3 Å². The van der Waals surface area contributed by atoms with Gasteiger partial charge in [-0.25, -0.2) is 9.98 Å². The fourth-order valence-corrected chi connectivity index (χ4v) is 1.74. The van der Waals surface area contributed by atoms with Gasteiger partial charge in [0.25, 0.3) is 0 Å². The van der Waals surface area contributed by atoms with Gasteiger partial charge in [0.15, 0.2) is 0 Å². The van der Waals surface area contributed by atoms with Crippen LogP contribution < -0.4 is 0 Å². The molecule has 0 atom stereocenters. The lowest BCUT2D eigenvalue weighted by Gasteiger charge is -2.03. The lowest BCUT2D eigenvalue weighted by atomic mass is 10.1. The molecular weight excluding hydrogens is 176 g/mol. The molecule has 2 aromatic heterocycles. The van der Waals surface area contributed by atoms with Crippen LogP contribution in [0.2, 0.25) is 0 Å². The number of hydrogen-bond donors (Lipinski definition) is 2. The molecule has 0 aromatic carbocycles. The summed E-state index contributed by atoms with van der Waals surface area (Å²) in [4.78, 5) is 11.4. The molecule has 0 aliphatic carbocycles. The van der Waals surface area contributed by atoms with Crippen molar-refractivity contribution in [1.29, 1.82) is 5.41 Å². The number of aromatic nitrogens is 2. The maximum atomic E-state index is 7.45. The number of fused-ring (bicyclic) bond motifs is 3. The molecular formula is C10H8N4. The number of nitrogens with zero attached hydrogens (tertiary/aromatic N) is 2. The number of H-pyrrole nitrogens is 1. The molecule has 68 valence electrons. The number of pyridine rings is 1. The topological polar surface area (TPSA) is 64.9 Å². The number of hydrogen-bond acceptors (Lipinski definition) is 2. The molecule has 0 unspecified atom stereocenters. The molecule has 14 heavy (non-hydrogen) atoms. The molecule has 0 fully saturated rings. The van der Waals surface area contributed by atoms with Crippen LogP contribution >= 0.6 is 0 Å². The summed E-state index contributed by atoms with van der Waals surface area (Å²) in [6, 6.07) is 3.92. The van der Waals surface area contributed by atoms with Crippen molar-refractivity contribution in [2.75, 3.05) is 0 Å². The molecule has 1 aliphatic heterocycles. The highest BCUT2D eigenvalue weighted by atomic mass is 14.9.